The second-order valence-corrected chi connectivity index (χ2v) is 2.80. The second kappa shape index (κ2) is 1.99. The molecule has 10 heavy (non-hydrogen) atoms. The zero-order valence-corrected chi connectivity index (χ0v) is 5.79. The van der Waals surface area contributed by atoms with Crippen molar-refractivity contribution in [3.05, 3.63) is 0 Å². The summed E-state index contributed by atoms with van der Waals surface area (Å²) >= 11 is 0. The Morgan fingerprint density at radius 1 is 1.80 bits per heavy atom. The number of terminal acetylenes is 1. The van der Waals surface area contributed by atoms with Gasteiger partial charge in [-0.15, -0.1) is 6.42 Å². The van der Waals surface area contributed by atoms with E-state index in [1.54, 1.807) is 6.92 Å². The molecule has 3 nitrogen and oxygen atoms in total. The first kappa shape index (κ1) is 7.10. The van der Waals surface area contributed by atoms with Gasteiger partial charge in [-0.1, -0.05) is 0 Å². The molecule has 1 aliphatic heterocycles. The highest BCUT2D eigenvalue weighted by atomic mass is 16.3. The van der Waals surface area contributed by atoms with Gasteiger partial charge in [-0.25, -0.2) is 0 Å². The van der Waals surface area contributed by atoms with Crippen molar-refractivity contribution in [3.8, 4) is 12.3 Å². The van der Waals surface area contributed by atoms with Gasteiger partial charge in [-0.3, -0.25) is 4.79 Å². The minimum absolute atomic E-state index is 0.341. The van der Waals surface area contributed by atoms with E-state index in [0.29, 0.717) is 13.1 Å². The molecule has 0 aromatic heterocycles. The van der Waals surface area contributed by atoms with Gasteiger partial charge < -0.3 is 10.0 Å². The van der Waals surface area contributed by atoms with Gasteiger partial charge in [0.15, 0.2) is 0 Å². The molecule has 1 amide bonds. The third kappa shape index (κ3) is 1.12. The van der Waals surface area contributed by atoms with E-state index < -0.39 is 5.60 Å². The number of hydrogen-bond acceptors (Lipinski definition) is 2. The summed E-state index contributed by atoms with van der Waals surface area (Å²) in [5, 5.41) is 9.17. The maximum absolute atomic E-state index is 10.7. The first-order chi connectivity index (χ1) is 4.55. The monoisotopic (exact) mass is 139 g/mol. The minimum atomic E-state index is -0.716. The minimum Gasteiger partial charge on any atom is -0.386 e. The van der Waals surface area contributed by atoms with E-state index in [1.807, 2.05) is 5.92 Å². The lowest BCUT2D eigenvalue weighted by molar-refractivity contribution is -0.145. The summed E-state index contributed by atoms with van der Waals surface area (Å²) in [4.78, 5) is 12.1. The molecule has 1 saturated heterocycles. The predicted molar refractivity (Wildman–Crippen MR) is 36.0 cm³/mol. The van der Waals surface area contributed by atoms with E-state index in [-0.39, 0.29) is 5.91 Å². The highest BCUT2D eigenvalue weighted by molar-refractivity contribution is 5.93. The van der Waals surface area contributed by atoms with Crippen molar-refractivity contribution in [2.75, 3.05) is 13.1 Å². The largest absolute Gasteiger partial charge is 0.386 e. The lowest BCUT2D eigenvalue weighted by Gasteiger charge is -2.42. The van der Waals surface area contributed by atoms with Crippen molar-refractivity contribution in [1.29, 1.82) is 0 Å². The molecular formula is C7H9NO2. The van der Waals surface area contributed by atoms with Gasteiger partial charge in [0.2, 0.25) is 0 Å². The van der Waals surface area contributed by atoms with Crippen molar-refractivity contribution in [3.63, 3.8) is 0 Å². The normalized spacial score (nSPS) is 21.1. The molecule has 0 atom stereocenters. The van der Waals surface area contributed by atoms with Crippen molar-refractivity contribution < 1.29 is 9.90 Å². The summed E-state index contributed by atoms with van der Waals surface area (Å²) < 4.78 is 0. The summed E-state index contributed by atoms with van der Waals surface area (Å²) in [7, 11) is 0. The first-order valence-electron chi connectivity index (χ1n) is 3.03. The molecule has 1 rings (SSSR count). The number of nitrogens with zero attached hydrogens (tertiary/aromatic N) is 1. The van der Waals surface area contributed by atoms with Gasteiger partial charge in [0.25, 0.3) is 5.91 Å². The van der Waals surface area contributed by atoms with Crippen LogP contribution in [0.15, 0.2) is 0 Å². The van der Waals surface area contributed by atoms with Gasteiger partial charge in [0.1, 0.15) is 0 Å². The number of amides is 1. The van der Waals surface area contributed by atoms with Gasteiger partial charge >= 0.3 is 0 Å². The number of hydrogen-bond donors (Lipinski definition) is 1. The van der Waals surface area contributed by atoms with Crippen LogP contribution in [0, 0.1) is 12.3 Å². The maximum Gasteiger partial charge on any atom is 0.298 e. The van der Waals surface area contributed by atoms with Crippen LogP contribution in [0.3, 0.4) is 0 Å². The topological polar surface area (TPSA) is 40.5 Å². The molecule has 0 bridgehead atoms. The molecule has 1 aliphatic rings. The molecule has 0 saturated carbocycles. The number of carbonyl (C=O) groups excluding carboxylic acids is 1. The van der Waals surface area contributed by atoms with E-state index in [9.17, 15) is 4.79 Å². The van der Waals surface area contributed by atoms with Crippen LogP contribution in [0.1, 0.15) is 6.92 Å². The second-order valence-electron chi connectivity index (χ2n) is 2.80. The van der Waals surface area contributed by atoms with E-state index >= 15 is 0 Å². The molecule has 54 valence electrons. The molecule has 0 aromatic rings. The van der Waals surface area contributed by atoms with Crippen molar-refractivity contribution in [1.82, 2.24) is 4.90 Å². The van der Waals surface area contributed by atoms with Gasteiger partial charge in [-0.05, 0) is 12.8 Å². The standard InChI is InChI=1S/C7H9NO2/c1-3-6(9)8-4-7(2,10)5-8/h1,10H,4-5H2,2H3. The van der Waals surface area contributed by atoms with Gasteiger partial charge in [0.05, 0.1) is 18.7 Å². The van der Waals surface area contributed by atoms with Crippen LogP contribution in [0.5, 0.6) is 0 Å². The fraction of sp³-hybridized carbons (Fsp3) is 0.571. The lowest BCUT2D eigenvalue weighted by atomic mass is 9.97. The van der Waals surface area contributed by atoms with Crippen LogP contribution < -0.4 is 0 Å². The van der Waals surface area contributed by atoms with Crippen LogP contribution >= 0.6 is 0 Å². The number of β-amino-alcohol motifs (C(OH)–C–C–N with tert-alkyl or cyclic N) is 1. The molecule has 0 spiro atoms. The van der Waals surface area contributed by atoms with E-state index in [4.69, 9.17) is 11.5 Å². The number of aliphatic hydroxyl groups is 1. The van der Waals surface area contributed by atoms with Crippen LogP contribution in [-0.2, 0) is 4.79 Å². The summed E-state index contributed by atoms with van der Waals surface area (Å²) in [5.74, 6) is 1.64. The molecule has 3 heteroatoms. The van der Waals surface area contributed by atoms with Crippen molar-refractivity contribution in [2.45, 2.75) is 12.5 Å². The Balaban J connectivity index is 2.42. The van der Waals surface area contributed by atoms with Gasteiger partial charge in [0, 0.05) is 0 Å². The molecule has 1 fully saturated rings. The van der Waals surface area contributed by atoms with Crippen LogP contribution in [0.2, 0.25) is 0 Å². The summed E-state index contributed by atoms with van der Waals surface area (Å²) in [5.41, 5.74) is -0.716. The Bertz CT molecular complexity index is 194. The third-order valence-electron chi connectivity index (χ3n) is 1.47. The number of likely N-dealkylation sites (tertiary alicyclic amines) is 1. The molecule has 1 N–H and O–H groups in total. The average molecular weight is 139 g/mol. The van der Waals surface area contributed by atoms with Crippen LogP contribution in [0.25, 0.3) is 0 Å². The Kier molecular flexibility index (Phi) is 1.42. The van der Waals surface area contributed by atoms with Crippen LogP contribution in [-0.4, -0.2) is 34.6 Å². The number of carbonyl (C=O) groups is 1. The molecule has 1 heterocycles. The zero-order valence-electron chi connectivity index (χ0n) is 5.79. The maximum atomic E-state index is 10.7. The quantitative estimate of drug-likeness (QED) is 0.447. The summed E-state index contributed by atoms with van der Waals surface area (Å²) in [6.07, 6.45) is 4.85. The fourth-order valence-electron chi connectivity index (χ4n) is 1.01. The molecule has 0 aliphatic carbocycles. The molecular weight excluding hydrogens is 130 g/mol. The molecule has 0 unspecified atom stereocenters. The Morgan fingerprint density at radius 3 is 2.60 bits per heavy atom. The molecule has 0 aromatic carbocycles. The van der Waals surface area contributed by atoms with Crippen molar-refractivity contribution in [2.24, 2.45) is 0 Å². The van der Waals surface area contributed by atoms with Gasteiger partial charge in [-0.2, -0.15) is 0 Å². The third-order valence-corrected chi connectivity index (χ3v) is 1.47. The zero-order chi connectivity index (χ0) is 7.78. The lowest BCUT2D eigenvalue weighted by Crippen LogP contribution is -2.61. The van der Waals surface area contributed by atoms with Crippen LogP contribution in [0.4, 0.5) is 0 Å². The van der Waals surface area contributed by atoms with E-state index in [1.165, 1.54) is 4.90 Å². The SMILES string of the molecule is C#CC(=O)N1CC(C)(O)C1. The highest BCUT2D eigenvalue weighted by Crippen LogP contribution is 2.18. The summed E-state index contributed by atoms with van der Waals surface area (Å²) in [6.45, 7) is 2.39. The summed E-state index contributed by atoms with van der Waals surface area (Å²) in [6, 6.07) is 0. The fourth-order valence-corrected chi connectivity index (χ4v) is 1.01. The Hall–Kier alpha value is -1.01. The Morgan fingerprint density at radius 2 is 2.30 bits per heavy atom. The Labute approximate surface area is 59.6 Å². The predicted octanol–water partition coefficient (Wildman–Crippen LogP) is -0.787. The molecule has 0 radical (unpaired) electrons. The smallest absolute Gasteiger partial charge is 0.298 e. The highest BCUT2D eigenvalue weighted by Gasteiger charge is 2.38. The number of rotatable bonds is 0. The van der Waals surface area contributed by atoms with E-state index in [0.717, 1.165) is 0 Å². The van der Waals surface area contributed by atoms with Crippen molar-refractivity contribution >= 4 is 5.91 Å². The van der Waals surface area contributed by atoms with E-state index in [2.05, 4.69) is 0 Å². The first-order valence-corrected chi connectivity index (χ1v) is 3.03. The average Bonchev–Trinajstić information content (AvgIpc) is 1.81.